The van der Waals surface area contributed by atoms with Crippen LogP contribution in [0, 0.1) is 13.8 Å². The number of benzene rings is 1. The van der Waals surface area contributed by atoms with Crippen LogP contribution in [0.4, 0.5) is 5.13 Å². The highest BCUT2D eigenvalue weighted by Crippen LogP contribution is 2.28. The van der Waals surface area contributed by atoms with Gasteiger partial charge in [-0.1, -0.05) is 19.8 Å². The average molecular weight is 347 g/mol. The predicted molar refractivity (Wildman–Crippen MR) is 101 cm³/mol. The topological polar surface area (TPSA) is 55.7 Å². The molecule has 1 heterocycles. The molecule has 1 aromatic heterocycles. The molecular formula is C18H25N3O2S. The van der Waals surface area contributed by atoms with Crippen molar-refractivity contribution >= 4 is 22.7 Å². The van der Waals surface area contributed by atoms with Gasteiger partial charge in [-0.3, -0.25) is 5.43 Å². The van der Waals surface area contributed by atoms with Crippen LogP contribution in [0.5, 0.6) is 11.5 Å². The molecule has 0 unspecified atom stereocenters. The van der Waals surface area contributed by atoms with Crippen molar-refractivity contribution in [2.45, 2.75) is 40.0 Å². The van der Waals surface area contributed by atoms with Crippen molar-refractivity contribution in [2.24, 2.45) is 5.10 Å². The van der Waals surface area contributed by atoms with Gasteiger partial charge in [-0.05, 0) is 44.0 Å². The van der Waals surface area contributed by atoms with Crippen LogP contribution < -0.4 is 14.9 Å². The summed E-state index contributed by atoms with van der Waals surface area (Å²) in [5, 5.41) is 5.03. The predicted octanol–water partition coefficient (Wildman–Crippen LogP) is 4.78. The highest BCUT2D eigenvalue weighted by Gasteiger charge is 2.05. The molecule has 5 nitrogen and oxygen atoms in total. The molecule has 0 saturated carbocycles. The van der Waals surface area contributed by atoms with Crippen LogP contribution in [0.2, 0.25) is 0 Å². The van der Waals surface area contributed by atoms with E-state index in [2.05, 4.69) is 22.4 Å². The van der Waals surface area contributed by atoms with Crippen molar-refractivity contribution < 1.29 is 9.47 Å². The zero-order valence-corrected chi connectivity index (χ0v) is 15.6. The van der Waals surface area contributed by atoms with E-state index in [0.717, 1.165) is 34.3 Å². The van der Waals surface area contributed by atoms with E-state index < -0.39 is 0 Å². The number of hydrazone groups is 1. The summed E-state index contributed by atoms with van der Waals surface area (Å²) in [5.74, 6) is 1.49. The van der Waals surface area contributed by atoms with E-state index in [4.69, 9.17) is 9.47 Å². The van der Waals surface area contributed by atoms with Crippen molar-refractivity contribution in [2.75, 3.05) is 19.1 Å². The molecule has 0 fully saturated rings. The first-order chi connectivity index (χ1) is 11.6. The first-order valence-corrected chi connectivity index (χ1v) is 8.99. The van der Waals surface area contributed by atoms with Crippen molar-refractivity contribution in [3.05, 3.63) is 34.3 Å². The van der Waals surface area contributed by atoms with E-state index >= 15 is 0 Å². The maximum Gasteiger partial charge on any atom is 0.203 e. The van der Waals surface area contributed by atoms with Crippen molar-refractivity contribution in [3.63, 3.8) is 0 Å². The van der Waals surface area contributed by atoms with Crippen LogP contribution in [0.3, 0.4) is 0 Å². The molecular weight excluding hydrogens is 322 g/mol. The summed E-state index contributed by atoms with van der Waals surface area (Å²) >= 11 is 1.59. The first-order valence-electron chi connectivity index (χ1n) is 8.18. The van der Waals surface area contributed by atoms with Gasteiger partial charge in [0.15, 0.2) is 11.5 Å². The van der Waals surface area contributed by atoms with Crippen LogP contribution in [-0.2, 0) is 0 Å². The molecule has 0 bridgehead atoms. The Bertz CT molecular complexity index is 663. The molecule has 1 N–H and O–H groups in total. The van der Waals surface area contributed by atoms with Gasteiger partial charge in [0.1, 0.15) is 0 Å². The van der Waals surface area contributed by atoms with Crippen LogP contribution in [0.15, 0.2) is 23.3 Å². The number of anilines is 1. The highest BCUT2D eigenvalue weighted by molar-refractivity contribution is 7.15. The van der Waals surface area contributed by atoms with Crippen LogP contribution >= 0.6 is 11.3 Å². The third kappa shape index (κ3) is 5.23. The lowest BCUT2D eigenvalue weighted by atomic mass is 10.2. The minimum atomic E-state index is 0.710. The van der Waals surface area contributed by atoms with Crippen LogP contribution in [-0.4, -0.2) is 24.9 Å². The van der Waals surface area contributed by atoms with Crippen molar-refractivity contribution in [1.82, 2.24) is 4.98 Å². The molecule has 0 saturated heterocycles. The van der Waals surface area contributed by atoms with E-state index in [0.29, 0.717) is 6.61 Å². The van der Waals surface area contributed by atoms with E-state index in [1.54, 1.807) is 24.7 Å². The minimum absolute atomic E-state index is 0.710. The number of nitrogens with zero attached hydrogens (tertiary/aromatic N) is 2. The SMILES string of the molecule is CCCCCOc1ccc(/C=N\Nc2nc(C)c(C)s2)cc1OC. The van der Waals surface area contributed by atoms with Crippen LogP contribution in [0.25, 0.3) is 0 Å². The zero-order chi connectivity index (χ0) is 17.4. The van der Waals surface area contributed by atoms with Crippen molar-refractivity contribution in [1.29, 1.82) is 0 Å². The smallest absolute Gasteiger partial charge is 0.203 e. The van der Waals surface area contributed by atoms with Gasteiger partial charge in [0.25, 0.3) is 0 Å². The second-order valence-corrected chi connectivity index (χ2v) is 6.70. The molecule has 0 aliphatic rings. The maximum absolute atomic E-state index is 5.78. The fraction of sp³-hybridized carbons (Fsp3) is 0.444. The lowest BCUT2D eigenvalue weighted by Crippen LogP contribution is -2.00. The third-order valence-corrected chi connectivity index (χ3v) is 4.57. The molecule has 0 aliphatic carbocycles. The molecule has 2 rings (SSSR count). The Balaban J connectivity index is 1.96. The number of hydrogen-bond acceptors (Lipinski definition) is 6. The molecule has 0 atom stereocenters. The summed E-state index contributed by atoms with van der Waals surface area (Å²) in [5.41, 5.74) is 4.93. The van der Waals surface area contributed by atoms with Gasteiger partial charge in [-0.15, -0.1) is 11.3 Å². The molecule has 1 aromatic carbocycles. The number of hydrogen-bond donors (Lipinski definition) is 1. The molecule has 0 aliphatic heterocycles. The zero-order valence-electron chi connectivity index (χ0n) is 14.8. The Labute approximate surface area is 147 Å². The Morgan fingerprint density at radius 2 is 2.08 bits per heavy atom. The van der Waals surface area contributed by atoms with E-state index in [1.165, 1.54) is 17.7 Å². The molecule has 6 heteroatoms. The van der Waals surface area contributed by atoms with Crippen LogP contribution in [0.1, 0.15) is 42.3 Å². The van der Waals surface area contributed by atoms with E-state index in [9.17, 15) is 0 Å². The summed E-state index contributed by atoms with van der Waals surface area (Å²) in [6.07, 6.45) is 5.16. The Hall–Kier alpha value is -2.08. The standard InChI is InChI=1S/C18H25N3O2S/c1-5-6-7-10-23-16-9-8-15(11-17(16)22-4)12-19-21-18-20-13(2)14(3)24-18/h8-9,11-12H,5-7,10H2,1-4H3,(H,20,21)/b19-12-. The lowest BCUT2D eigenvalue weighted by Gasteiger charge is -2.11. The van der Waals surface area contributed by atoms with E-state index in [1.807, 2.05) is 32.0 Å². The fourth-order valence-electron chi connectivity index (χ4n) is 2.10. The first kappa shape index (κ1) is 18.3. The summed E-state index contributed by atoms with van der Waals surface area (Å²) in [4.78, 5) is 5.58. The minimum Gasteiger partial charge on any atom is -0.493 e. The number of ether oxygens (including phenoxy) is 2. The van der Waals surface area contributed by atoms with Crippen molar-refractivity contribution in [3.8, 4) is 11.5 Å². The third-order valence-electron chi connectivity index (χ3n) is 3.60. The van der Waals surface area contributed by atoms with E-state index in [-0.39, 0.29) is 0 Å². The van der Waals surface area contributed by atoms with Gasteiger partial charge in [0.05, 0.1) is 25.6 Å². The lowest BCUT2D eigenvalue weighted by molar-refractivity contribution is 0.286. The average Bonchev–Trinajstić information content (AvgIpc) is 2.90. The molecule has 130 valence electrons. The molecule has 0 radical (unpaired) electrons. The fourth-order valence-corrected chi connectivity index (χ4v) is 2.86. The van der Waals surface area contributed by atoms with Gasteiger partial charge in [-0.25, -0.2) is 4.98 Å². The summed E-state index contributed by atoms with van der Waals surface area (Å²) < 4.78 is 11.2. The Morgan fingerprint density at radius 3 is 2.75 bits per heavy atom. The normalized spacial score (nSPS) is 11.0. The van der Waals surface area contributed by atoms with Gasteiger partial charge < -0.3 is 9.47 Å². The Kier molecular flexibility index (Phi) is 7.06. The number of rotatable bonds is 9. The number of methoxy groups -OCH3 is 1. The molecule has 0 amide bonds. The largest absolute Gasteiger partial charge is 0.493 e. The second kappa shape index (κ2) is 9.27. The number of thiazole rings is 1. The maximum atomic E-state index is 5.78. The van der Waals surface area contributed by atoms with Gasteiger partial charge in [0, 0.05) is 4.88 Å². The summed E-state index contributed by atoms with van der Waals surface area (Å²) in [7, 11) is 1.65. The number of aromatic nitrogens is 1. The highest BCUT2D eigenvalue weighted by atomic mass is 32.1. The number of nitrogens with one attached hydrogen (secondary N) is 1. The number of unbranched alkanes of at least 4 members (excludes halogenated alkanes) is 2. The summed E-state index contributed by atoms with van der Waals surface area (Å²) in [6, 6.07) is 5.80. The molecule has 24 heavy (non-hydrogen) atoms. The molecule has 0 spiro atoms. The molecule has 2 aromatic rings. The Morgan fingerprint density at radius 1 is 1.25 bits per heavy atom. The van der Waals surface area contributed by atoms with Gasteiger partial charge in [0.2, 0.25) is 5.13 Å². The second-order valence-electron chi connectivity index (χ2n) is 5.50. The monoisotopic (exact) mass is 347 g/mol. The number of aryl methyl sites for hydroxylation is 2. The van der Waals surface area contributed by atoms with Gasteiger partial charge >= 0.3 is 0 Å². The quantitative estimate of drug-likeness (QED) is 0.403. The summed E-state index contributed by atoms with van der Waals surface area (Å²) in [6.45, 7) is 6.93. The van der Waals surface area contributed by atoms with Gasteiger partial charge in [-0.2, -0.15) is 5.10 Å².